The quantitative estimate of drug-likeness (QED) is 0.882. The first-order chi connectivity index (χ1) is 11.5. The lowest BCUT2D eigenvalue weighted by Gasteiger charge is -2.18. The van der Waals surface area contributed by atoms with Gasteiger partial charge in [-0.1, -0.05) is 25.1 Å². The fraction of sp³-hybridized carbons (Fsp3) is 0.222. The molecule has 6 heteroatoms. The topological polar surface area (TPSA) is 61.4 Å². The second-order valence-electron chi connectivity index (χ2n) is 5.35. The van der Waals surface area contributed by atoms with Crippen molar-refractivity contribution in [2.24, 2.45) is 0 Å². The van der Waals surface area contributed by atoms with E-state index in [1.54, 1.807) is 0 Å². The molecule has 2 rings (SSSR count). The molecule has 0 saturated carbocycles. The molecule has 0 aromatic heterocycles. The number of nitrogens with one attached hydrogen (secondary N) is 2. The van der Waals surface area contributed by atoms with Crippen molar-refractivity contribution in [3.8, 4) is 0 Å². The number of benzene rings is 2. The van der Waals surface area contributed by atoms with E-state index in [0.717, 1.165) is 17.7 Å². The van der Waals surface area contributed by atoms with Gasteiger partial charge in [0.15, 0.2) is 0 Å². The van der Waals surface area contributed by atoms with Gasteiger partial charge in [0.2, 0.25) is 5.91 Å². The lowest BCUT2D eigenvalue weighted by Crippen LogP contribution is -2.37. The van der Waals surface area contributed by atoms with Crippen LogP contribution in [0.1, 0.15) is 12.5 Å². The van der Waals surface area contributed by atoms with Gasteiger partial charge in [-0.25, -0.2) is 9.18 Å². The van der Waals surface area contributed by atoms with Crippen molar-refractivity contribution in [1.29, 1.82) is 0 Å². The Morgan fingerprint density at radius 3 is 2.38 bits per heavy atom. The van der Waals surface area contributed by atoms with Crippen LogP contribution in [-0.4, -0.2) is 30.4 Å². The summed E-state index contributed by atoms with van der Waals surface area (Å²) in [6, 6.07) is 12.5. The number of hydrogen-bond donors (Lipinski definition) is 2. The van der Waals surface area contributed by atoms with Crippen molar-refractivity contribution in [3.05, 3.63) is 59.9 Å². The number of carbonyl (C=O) groups is 2. The van der Waals surface area contributed by atoms with Gasteiger partial charge in [-0.05, 0) is 42.3 Å². The van der Waals surface area contributed by atoms with Crippen LogP contribution in [0.2, 0.25) is 0 Å². The molecule has 2 aromatic carbocycles. The third kappa shape index (κ3) is 4.81. The molecule has 24 heavy (non-hydrogen) atoms. The zero-order valence-corrected chi connectivity index (χ0v) is 13.7. The minimum absolute atomic E-state index is 0.0922. The van der Waals surface area contributed by atoms with E-state index in [1.807, 2.05) is 31.2 Å². The third-order valence-corrected chi connectivity index (χ3v) is 3.50. The Labute approximate surface area is 140 Å². The Kier molecular flexibility index (Phi) is 5.89. The molecule has 0 bridgehead atoms. The minimum Gasteiger partial charge on any atom is -0.324 e. The summed E-state index contributed by atoms with van der Waals surface area (Å²) >= 11 is 0. The van der Waals surface area contributed by atoms with E-state index in [1.165, 1.54) is 36.2 Å². The fourth-order valence-electron chi connectivity index (χ4n) is 2.18. The first kappa shape index (κ1) is 17.5. The standard InChI is InChI=1S/C18H20FN3O2/c1-3-13-6-4-5-7-16(13)21-17(23)12-22(2)18(24)20-15-10-8-14(19)9-11-15/h4-11H,3,12H2,1-2H3,(H,20,24)(H,21,23). The van der Waals surface area contributed by atoms with Gasteiger partial charge in [-0.2, -0.15) is 0 Å². The number of rotatable bonds is 5. The molecule has 0 aliphatic heterocycles. The van der Waals surface area contributed by atoms with Crippen LogP contribution in [0.5, 0.6) is 0 Å². The van der Waals surface area contributed by atoms with Crippen LogP contribution in [0.4, 0.5) is 20.6 Å². The molecule has 126 valence electrons. The van der Waals surface area contributed by atoms with Crippen molar-refractivity contribution >= 4 is 23.3 Å². The van der Waals surface area contributed by atoms with Crippen molar-refractivity contribution in [1.82, 2.24) is 4.90 Å². The lowest BCUT2D eigenvalue weighted by atomic mass is 10.1. The second kappa shape index (κ2) is 8.10. The highest BCUT2D eigenvalue weighted by Gasteiger charge is 2.14. The zero-order chi connectivity index (χ0) is 17.5. The number of aryl methyl sites for hydroxylation is 1. The van der Waals surface area contributed by atoms with Crippen molar-refractivity contribution in [2.45, 2.75) is 13.3 Å². The summed E-state index contributed by atoms with van der Waals surface area (Å²) in [6.45, 7) is 1.92. The Bertz CT molecular complexity index is 716. The van der Waals surface area contributed by atoms with Crippen molar-refractivity contribution < 1.29 is 14.0 Å². The maximum absolute atomic E-state index is 12.8. The summed E-state index contributed by atoms with van der Waals surface area (Å²) in [5, 5.41) is 5.41. The molecule has 0 saturated heterocycles. The van der Waals surface area contributed by atoms with Gasteiger partial charge in [0.1, 0.15) is 12.4 Å². The minimum atomic E-state index is -0.444. The van der Waals surface area contributed by atoms with Crippen LogP contribution in [0, 0.1) is 5.82 Å². The first-order valence-corrected chi connectivity index (χ1v) is 7.65. The Balaban J connectivity index is 1.90. The summed E-state index contributed by atoms with van der Waals surface area (Å²) in [7, 11) is 1.52. The molecule has 2 N–H and O–H groups in total. The van der Waals surface area contributed by atoms with Gasteiger partial charge in [0, 0.05) is 18.4 Å². The molecule has 3 amide bonds. The molecule has 0 aliphatic carbocycles. The molecule has 0 radical (unpaired) electrons. The van der Waals surface area contributed by atoms with Crippen LogP contribution in [0.3, 0.4) is 0 Å². The third-order valence-electron chi connectivity index (χ3n) is 3.50. The van der Waals surface area contributed by atoms with Crippen LogP contribution >= 0.6 is 0 Å². The molecule has 0 spiro atoms. The highest BCUT2D eigenvalue weighted by Crippen LogP contribution is 2.15. The van der Waals surface area contributed by atoms with E-state index in [9.17, 15) is 14.0 Å². The maximum Gasteiger partial charge on any atom is 0.322 e. The average molecular weight is 329 g/mol. The van der Waals surface area contributed by atoms with E-state index in [-0.39, 0.29) is 18.3 Å². The van der Waals surface area contributed by atoms with E-state index < -0.39 is 6.03 Å². The van der Waals surface area contributed by atoms with Crippen LogP contribution < -0.4 is 10.6 Å². The predicted octanol–water partition coefficient (Wildman–Crippen LogP) is 3.49. The van der Waals surface area contributed by atoms with Crippen LogP contribution in [-0.2, 0) is 11.2 Å². The molecule has 0 aliphatic rings. The maximum atomic E-state index is 12.8. The summed E-state index contributed by atoms with van der Waals surface area (Å²) in [5.74, 6) is -0.664. The smallest absolute Gasteiger partial charge is 0.322 e. The second-order valence-corrected chi connectivity index (χ2v) is 5.35. The highest BCUT2D eigenvalue weighted by molar-refractivity contribution is 5.97. The van der Waals surface area contributed by atoms with Gasteiger partial charge in [0.05, 0.1) is 0 Å². The van der Waals surface area contributed by atoms with E-state index >= 15 is 0 Å². The van der Waals surface area contributed by atoms with Gasteiger partial charge in [-0.15, -0.1) is 0 Å². The number of anilines is 2. The monoisotopic (exact) mass is 329 g/mol. The summed E-state index contributed by atoms with van der Waals surface area (Å²) in [6.07, 6.45) is 0.803. The number of urea groups is 1. The summed E-state index contributed by atoms with van der Waals surface area (Å²) in [5.41, 5.74) is 2.24. The van der Waals surface area contributed by atoms with Crippen LogP contribution in [0.25, 0.3) is 0 Å². The van der Waals surface area contributed by atoms with E-state index in [2.05, 4.69) is 10.6 Å². The molecular formula is C18H20FN3O2. The number of hydrogen-bond acceptors (Lipinski definition) is 2. The number of likely N-dealkylation sites (N-methyl/N-ethyl adjacent to an activating group) is 1. The molecule has 2 aromatic rings. The molecule has 0 fully saturated rings. The van der Waals surface area contributed by atoms with E-state index in [4.69, 9.17) is 0 Å². The Hall–Kier alpha value is -2.89. The van der Waals surface area contributed by atoms with E-state index in [0.29, 0.717) is 5.69 Å². The molecular weight excluding hydrogens is 309 g/mol. The molecule has 5 nitrogen and oxygen atoms in total. The molecule has 0 heterocycles. The summed E-state index contributed by atoms with van der Waals surface area (Å²) < 4.78 is 12.8. The Morgan fingerprint density at radius 2 is 1.71 bits per heavy atom. The average Bonchev–Trinajstić information content (AvgIpc) is 2.57. The van der Waals surface area contributed by atoms with Crippen molar-refractivity contribution in [2.75, 3.05) is 24.2 Å². The number of nitrogens with zero attached hydrogens (tertiary/aromatic N) is 1. The van der Waals surface area contributed by atoms with Crippen LogP contribution in [0.15, 0.2) is 48.5 Å². The van der Waals surface area contributed by atoms with Gasteiger partial charge < -0.3 is 15.5 Å². The highest BCUT2D eigenvalue weighted by atomic mass is 19.1. The largest absolute Gasteiger partial charge is 0.324 e. The SMILES string of the molecule is CCc1ccccc1NC(=O)CN(C)C(=O)Nc1ccc(F)cc1. The number of halogens is 1. The first-order valence-electron chi connectivity index (χ1n) is 7.65. The zero-order valence-electron chi connectivity index (χ0n) is 13.7. The normalized spacial score (nSPS) is 10.1. The fourth-order valence-corrected chi connectivity index (χ4v) is 2.18. The molecule has 0 unspecified atom stereocenters. The summed E-state index contributed by atoms with van der Waals surface area (Å²) in [4.78, 5) is 25.4. The number of amides is 3. The van der Waals surface area contributed by atoms with Crippen molar-refractivity contribution in [3.63, 3.8) is 0 Å². The number of para-hydroxylation sites is 1. The molecule has 0 atom stereocenters. The van der Waals surface area contributed by atoms with Gasteiger partial charge >= 0.3 is 6.03 Å². The predicted molar refractivity (Wildman–Crippen MR) is 92.5 cm³/mol. The van der Waals surface area contributed by atoms with Gasteiger partial charge in [0.25, 0.3) is 0 Å². The lowest BCUT2D eigenvalue weighted by molar-refractivity contribution is -0.116. The number of carbonyl (C=O) groups excluding carboxylic acids is 2. The van der Waals surface area contributed by atoms with Gasteiger partial charge in [-0.3, -0.25) is 4.79 Å². The Morgan fingerprint density at radius 1 is 1.04 bits per heavy atom.